The first-order valence-electron chi connectivity index (χ1n) is 7.71. The fraction of sp³-hybridized carbons (Fsp3) is 0.368. The van der Waals surface area contributed by atoms with E-state index in [4.69, 9.17) is 0 Å². The SMILES string of the molecule is CO[Si].c1ccc(-c2ccccc2C2CCCCC2)cc1. The van der Waals surface area contributed by atoms with Crippen LogP contribution in [0.3, 0.4) is 0 Å². The summed E-state index contributed by atoms with van der Waals surface area (Å²) in [6.45, 7) is 0. The zero-order chi connectivity index (χ0) is 14.9. The summed E-state index contributed by atoms with van der Waals surface area (Å²) in [4.78, 5) is 0. The molecule has 1 fully saturated rings. The second-order valence-electron chi connectivity index (χ2n) is 5.49. The predicted molar refractivity (Wildman–Crippen MR) is 90.5 cm³/mol. The lowest BCUT2D eigenvalue weighted by Crippen LogP contribution is -2.05. The van der Waals surface area contributed by atoms with Gasteiger partial charge in [-0.05, 0) is 35.4 Å². The molecule has 1 aliphatic carbocycles. The molecule has 0 amide bonds. The number of rotatable bonds is 2. The van der Waals surface area contributed by atoms with Crippen molar-refractivity contribution in [2.24, 2.45) is 0 Å². The highest BCUT2D eigenvalue weighted by atomic mass is 28.2. The minimum absolute atomic E-state index is 0.773. The Kier molecular flexibility index (Phi) is 6.71. The van der Waals surface area contributed by atoms with Crippen LogP contribution in [0.25, 0.3) is 11.1 Å². The van der Waals surface area contributed by atoms with Gasteiger partial charge in [-0.25, -0.2) is 0 Å². The smallest absolute Gasteiger partial charge is 0.245 e. The van der Waals surface area contributed by atoms with Crippen molar-refractivity contribution in [2.75, 3.05) is 7.11 Å². The van der Waals surface area contributed by atoms with Crippen LogP contribution in [0.5, 0.6) is 0 Å². The third-order valence-corrected chi connectivity index (χ3v) is 4.09. The maximum absolute atomic E-state index is 4.06. The molecule has 0 aliphatic heterocycles. The van der Waals surface area contributed by atoms with Gasteiger partial charge in [0.15, 0.2) is 0 Å². The second-order valence-corrected chi connectivity index (χ2v) is 5.90. The van der Waals surface area contributed by atoms with Crippen molar-refractivity contribution >= 4 is 10.5 Å². The summed E-state index contributed by atoms with van der Waals surface area (Å²) >= 11 is 0. The minimum Gasteiger partial charge on any atom is -0.422 e. The molecule has 1 aliphatic rings. The van der Waals surface area contributed by atoms with Crippen molar-refractivity contribution in [1.29, 1.82) is 0 Å². The Morgan fingerprint density at radius 3 is 2.10 bits per heavy atom. The van der Waals surface area contributed by atoms with E-state index < -0.39 is 0 Å². The quantitative estimate of drug-likeness (QED) is 0.699. The molecule has 0 N–H and O–H groups in total. The van der Waals surface area contributed by atoms with E-state index in [-0.39, 0.29) is 0 Å². The summed E-state index contributed by atoms with van der Waals surface area (Å²) in [6.07, 6.45) is 6.94. The maximum Gasteiger partial charge on any atom is 0.245 e. The van der Waals surface area contributed by atoms with Gasteiger partial charge in [-0.2, -0.15) is 0 Å². The summed E-state index contributed by atoms with van der Waals surface area (Å²) in [6, 6.07) is 19.8. The fourth-order valence-corrected chi connectivity index (χ4v) is 3.15. The molecule has 109 valence electrons. The summed E-state index contributed by atoms with van der Waals surface area (Å²) in [5, 5.41) is 0. The molecule has 3 radical (unpaired) electrons. The van der Waals surface area contributed by atoms with E-state index in [0.29, 0.717) is 0 Å². The van der Waals surface area contributed by atoms with E-state index in [1.54, 1.807) is 5.56 Å². The topological polar surface area (TPSA) is 9.23 Å². The van der Waals surface area contributed by atoms with Gasteiger partial charge in [0.25, 0.3) is 0 Å². The summed E-state index contributed by atoms with van der Waals surface area (Å²) in [7, 11) is 4.22. The first-order chi connectivity index (χ1) is 10.4. The zero-order valence-electron chi connectivity index (χ0n) is 12.7. The molecular weight excluding hydrogens is 272 g/mol. The van der Waals surface area contributed by atoms with Gasteiger partial charge in [0, 0.05) is 7.11 Å². The molecule has 2 aromatic rings. The lowest BCUT2D eigenvalue weighted by atomic mass is 9.81. The van der Waals surface area contributed by atoms with Gasteiger partial charge in [-0.3, -0.25) is 0 Å². The standard InChI is InChI=1S/C18H20.CH3OSi/c1-3-9-15(10-4-1)17-13-7-8-14-18(17)16-11-5-2-6-12-16;1-2-3/h1,3-4,7-10,13-14,16H,2,5-6,11-12H2;1H3. The molecule has 3 rings (SSSR count). The van der Waals surface area contributed by atoms with Crippen molar-refractivity contribution in [3.05, 3.63) is 60.2 Å². The second kappa shape index (κ2) is 8.80. The molecule has 0 unspecified atom stereocenters. The van der Waals surface area contributed by atoms with Crippen molar-refractivity contribution < 1.29 is 4.43 Å². The van der Waals surface area contributed by atoms with E-state index in [1.165, 1.54) is 50.3 Å². The molecule has 0 aromatic heterocycles. The van der Waals surface area contributed by atoms with Gasteiger partial charge in [0.05, 0.1) is 0 Å². The molecule has 2 heteroatoms. The van der Waals surface area contributed by atoms with E-state index in [2.05, 4.69) is 69.5 Å². The molecular formula is C19H23OSi. The lowest BCUT2D eigenvalue weighted by molar-refractivity contribution is 0.444. The highest BCUT2D eigenvalue weighted by molar-refractivity contribution is 5.97. The number of hydrogen-bond donors (Lipinski definition) is 0. The van der Waals surface area contributed by atoms with Crippen LogP contribution in [-0.4, -0.2) is 17.6 Å². The normalized spacial score (nSPS) is 15.1. The van der Waals surface area contributed by atoms with E-state index in [9.17, 15) is 0 Å². The molecule has 1 saturated carbocycles. The van der Waals surface area contributed by atoms with Crippen LogP contribution in [0.2, 0.25) is 0 Å². The largest absolute Gasteiger partial charge is 0.422 e. The Balaban J connectivity index is 0.000000497. The van der Waals surface area contributed by atoms with Gasteiger partial charge >= 0.3 is 0 Å². The van der Waals surface area contributed by atoms with Crippen molar-refractivity contribution in [2.45, 2.75) is 38.0 Å². The number of hydrogen-bond acceptors (Lipinski definition) is 1. The van der Waals surface area contributed by atoms with Crippen LogP contribution in [0.1, 0.15) is 43.6 Å². The molecule has 1 nitrogen and oxygen atoms in total. The number of benzene rings is 2. The van der Waals surface area contributed by atoms with Gasteiger partial charge in [-0.15, -0.1) is 0 Å². The van der Waals surface area contributed by atoms with Gasteiger partial charge < -0.3 is 4.43 Å². The molecule has 0 heterocycles. The van der Waals surface area contributed by atoms with E-state index >= 15 is 0 Å². The first kappa shape index (κ1) is 16.0. The van der Waals surface area contributed by atoms with Crippen molar-refractivity contribution in [3.8, 4) is 11.1 Å². The minimum atomic E-state index is 0.773. The molecule has 0 atom stereocenters. The maximum atomic E-state index is 4.06. The van der Waals surface area contributed by atoms with Crippen LogP contribution < -0.4 is 0 Å². The third-order valence-electron chi connectivity index (χ3n) is 4.09. The first-order valence-corrected chi connectivity index (χ1v) is 8.11. The molecule has 21 heavy (non-hydrogen) atoms. The molecule has 0 bridgehead atoms. The Hall–Kier alpha value is -1.38. The Morgan fingerprint density at radius 1 is 0.857 bits per heavy atom. The van der Waals surface area contributed by atoms with Gasteiger partial charge in [-0.1, -0.05) is 73.9 Å². The zero-order valence-corrected chi connectivity index (χ0v) is 13.7. The molecule has 0 spiro atoms. The Labute approximate surface area is 131 Å². The monoisotopic (exact) mass is 295 g/mol. The Morgan fingerprint density at radius 2 is 1.43 bits per heavy atom. The lowest BCUT2D eigenvalue weighted by Gasteiger charge is -2.24. The highest BCUT2D eigenvalue weighted by Crippen LogP contribution is 2.37. The summed E-state index contributed by atoms with van der Waals surface area (Å²) < 4.78 is 4.06. The average molecular weight is 295 g/mol. The summed E-state index contributed by atoms with van der Waals surface area (Å²) in [5.74, 6) is 0.773. The molecule has 0 saturated heterocycles. The van der Waals surface area contributed by atoms with Crippen molar-refractivity contribution in [1.82, 2.24) is 0 Å². The van der Waals surface area contributed by atoms with E-state index in [1.807, 2.05) is 0 Å². The van der Waals surface area contributed by atoms with Gasteiger partial charge in [0.1, 0.15) is 0 Å². The van der Waals surface area contributed by atoms with Crippen LogP contribution >= 0.6 is 0 Å². The fourth-order valence-electron chi connectivity index (χ4n) is 3.15. The van der Waals surface area contributed by atoms with Crippen LogP contribution in [0.15, 0.2) is 54.6 Å². The van der Waals surface area contributed by atoms with Crippen LogP contribution in [0, 0.1) is 0 Å². The summed E-state index contributed by atoms with van der Waals surface area (Å²) in [5.41, 5.74) is 4.35. The van der Waals surface area contributed by atoms with Crippen LogP contribution in [-0.2, 0) is 4.43 Å². The Bertz CT molecular complexity index is 518. The average Bonchev–Trinajstić information content (AvgIpc) is 2.57. The highest BCUT2D eigenvalue weighted by Gasteiger charge is 2.18. The molecule has 2 aromatic carbocycles. The van der Waals surface area contributed by atoms with E-state index in [0.717, 1.165) is 5.92 Å². The third kappa shape index (κ3) is 4.55. The van der Waals surface area contributed by atoms with Crippen molar-refractivity contribution in [3.63, 3.8) is 0 Å². The van der Waals surface area contributed by atoms with Gasteiger partial charge in [0.2, 0.25) is 10.5 Å². The van der Waals surface area contributed by atoms with Crippen LogP contribution in [0.4, 0.5) is 0 Å². The predicted octanol–water partition coefficient (Wildman–Crippen LogP) is 5.12.